The predicted molar refractivity (Wildman–Crippen MR) is 77.4 cm³/mol. The van der Waals surface area contributed by atoms with Crippen LogP contribution in [0.25, 0.3) is 0 Å². The van der Waals surface area contributed by atoms with Crippen molar-refractivity contribution in [1.29, 1.82) is 0 Å². The van der Waals surface area contributed by atoms with Crippen LogP contribution in [-0.2, 0) is 9.53 Å². The molecule has 1 unspecified atom stereocenters. The van der Waals surface area contributed by atoms with E-state index in [9.17, 15) is 14.3 Å². The highest BCUT2D eigenvalue weighted by molar-refractivity contribution is 5.77. The number of benzene rings is 1. The number of rotatable bonds is 5. The Hall–Kier alpha value is -1.62. The van der Waals surface area contributed by atoms with Crippen molar-refractivity contribution >= 4 is 5.97 Å². The Morgan fingerprint density at radius 1 is 1.43 bits per heavy atom. The molecule has 1 aliphatic carbocycles. The first-order valence-corrected chi connectivity index (χ1v) is 7.53. The number of esters is 1. The van der Waals surface area contributed by atoms with Crippen LogP contribution in [0.5, 0.6) is 5.75 Å². The summed E-state index contributed by atoms with van der Waals surface area (Å²) in [6, 6.07) is 3.55. The molecule has 0 saturated heterocycles. The minimum Gasteiger partial charge on any atom is -0.505 e. The van der Waals surface area contributed by atoms with E-state index < -0.39 is 23.6 Å². The van der Waals surface area contributed by atoms with Gasteiger partial charge in [0.1, 0.15) is 6.04 Å². The topological polar surface area (TPSA) is 58.6 Å². The zero-order chi connectivity index (χ0) is 15.2. The number of halogens is 1. The van der Waals surface area contributed by atoms with Crippen LogP contribution in [0.2, 0.25) is 0 Å². The number of phenols is 1. The molecule has 4 nitrogen and oxygen atoms in total. The highest BCUT2D eigenvalue weighted by Gasteiger charge is 2.26. The normalized spacial score (nSPS) is 17.4. The Bertz CT molecular complexity index is 486. The molecule has 0 aromatic heterocycles. The number of hydrogen-bond acceptors (Lipinski definition) is 4. The minimum absolute atomic E-state index is 0.241. The van der Waals surface area contributed by atoms with Gasteiger partial charge in [-0.15, -0.1) is 0 Å². The van der Waals surface area contributed by atoms with Crippen molar-refractivity contribution in [2.75, 3.05) is 6.61 Å². The Kier molecular flexibility index (Phi) is 5.56. The summed E-state index contributed by atoms with van der Waals surface area (Å²) in [6.07, 6.45) is 5.51. The minimum atomic E-state index is -0.729. The largest absolute Gasteiger partial charge is 0.505 e. The summed E-state index contributed by atoms with van der Waals surface area (Å²) >= 11 is 0. The van der Waals surface area contributed by atoms with Crippen LogP contribution in [-0.4, -0.2) is 23.7 Å². The van der Waals surface area contributed by atoms with Gasteiger partial charge in [-0.1, -0.05) is 25.3 Å². The van der Waals surface area contributed by atoms with Gasteiger partial charge >= 0.3 is 5.97 Å². The molecule has 116 valence electrons. The van der Waals surface area contributed by atoms with Crippen LogP contribution >= 0.6 is 0 Å². The summed E-state index contributed by atoms with van der Waals surface area (Å²) < 4.78 is 18.6. The highest BCUT2D eigenvalue weighted by atomic mass is 19.1. The van der Waals surface area contributed by atoms with Crippen LogP contribution in [0, 0.1) is 5.82 Å². The predicted octanol–water partition coefficient (Wildman–Crippen LogP) is 3.06. The molecule has 1 fully saturated rings. The second-order valence-electron chi connectivity index (χ2n) is 5.40. The van der Waals surface area contributed by atoms with E-state index >= 15 is 0 Å². The van der Waals surface area contributed by atoms with Gasteiger partial charge in [0, 0.05) is 6.04 Å². The SMILES string of the molecule is CCOC(=O)C(NC1CCCCC1)c1ccc(O)c(F)c1. The fourth-order valence-corrected chi connectivity index (χ4v) is 2.73. The van der Waals surface area contributed by atoms with Crippen molar-refractivity contribution in [1.82, 2.24) is 5.32 Å². The van der Waals surface area contributed by atoms with Crippen LogP contribution in [0.4, 0.5) is 4.39 Å². The molecule has 1 atom stereocenters. The molecule has 2 rings (SSSR count). The van der Waals surface area contributed by atoms with E-state index in [1.165, 1.54) is 18.6 Å². The number of carbonyl (C=O) groups excluding carboxylic acids is 1. The fraction of sp³-hybridized carbons (Fsp3) is 0.562. The first-order chi connectivity index (χ1) is 10.1. The lowest BCUT2D eigenvalue weighted by atomic mass is 9.94. The molecule has 0 aliphatic heterocycles. The molecule has 1 aliphatic rings. The summed E-state index contributed by atoms with van der Waals surface area (Å²) in [6.45, 7) is 2.02. The quantitative estimate of drug-likeness (QED) is 0.820. The van der Waals surface area contributed by atoms with Gasteiger partial charge in [-0.05, 0) is 37.5 Å². The van der Waals surface area contributed by atoms with Gasteiger partial charge in [0.15, 0.2) is 11.6 Å². The lowest BCUT2D eigenvalue weighted by Crippen LogP contribution is -2.39. The van der Waals surface area contributed by atoms with Crippen LogP contribution in [0.1, 0.15) is 50.6 Å². The Morgan fingerprint density at radius 3 is 2.76 bits per heavy atom. The molecule has 21 heavy (non-hydrogen) atoms. The number of hydrogen-bond donors (Lipinski definition) is 2. The molecule has 0 radical (unpaired) electrons. The van der Waals surface area contributed by atoms with Gasteiger partial charge in [0.2, 0.25) is 0 Å². The molecule has 0 spiro atoms. The van der Waals surface area contributed by atoms with Gasteiger partial charge in [-0.25, -0.2) is 9.18 Å². The summed E-state index contributed by atoms with van der Waals surface area (Å²) in [5.74, 6) is -1.56. The second kappa shape index (κ2) is 7.41. The third-order valence-corrected chi connectivity index (χ3v) is 3.83. The summed E-state index contributed by atoms with van der Waals surface area (Å²) in [5, 5.41) is 12.6. The van der Waals surface area contributed by atoms with Gasteiger partial charge in [-0.3, -0.25) is 5.32 Å². The van der Waals surface area contributed by atoms with Gasteiger partial charge in [0.05, 0.1) is 6.61 Å². The van der Waals surface area contributed by atoms with E-state index in [1.807, 2.05) is 0 Å². The molecule has 1 aromatic carbocycles. The first kappa shape index (κ1) is 15.8. The Balaban J connectivity index is 2.17. The molecular formula is C16H22FNO3. The smallest absolute Gasteiger partial charge is 0.327 e. The average molecular weight is 295 g/mol. The van der Waals surface area contributed by atoms with Crippen molar-refractivity contribution in [3.8, 4) is 5.75 Å². The van der Waals surface area contributed by atoms with Crippen LogP contribution in [0.15, 0.2) is 18.2 Å². The number of nitrogens with one attached hydrogen (secondary N) is 1. The first-order valence-electron chi connectivity index (χ1n) is 7.53. The Morgan fingerprint density at radius 2 is 2.14 bits per heavy atom. The summed E-state index contributed by atoms with van der Waals surface area (Å²) in [7, 11) is 0. The van der Waals surface area contributed by atoms with Crippen molar-refractivity contribution in [3.63, 3.8) is 0 Å². The van der Waals surface area contributed by atoms with E-state index in [1.54, 1.807) is 13.0 Å². The zero-order valence-corrected chi connectivity index (χ0v) is 12.3. The van der Waals surface area contributed by atoms with Crippen molar-refractivity contribution in [2.45, 2.75) is 51.1 Å². The monoisotopic (exact) mass is 295 g/mol. The lowest BCUT2D eigenvalue weighted by Gasteiger charge is -2.27. The number of aromatic hydroxyl groups is 1. The number of ether oxygens (including phenoxy) is 1. The molecule has 0 heterocycles. The summed E-state index contributed by atoms with van der Waals surface area (Å²) in [5.41, 5.74) is 0.481. The van der Waals surface area contributed by atoms with Crippen molar-refractivity contribution < 1.29 is 19.0 Å². The van der Waals surface area contributed by atoms with Crippen LogP contribution in [0.3, 0.4) is 0 Å². The van der Waals surface area contributed by atoms with Crippen molar-refractivity contribution in [2.24, 2.45) is 0 Å². The lowest BCUT2D eigenvalue weighted by molar-refractivity contribution is -0.146. The van der Waals surface area contributed by atoms with Gasteiger partial charge in [0.25, 0.3) is 0 Å². The van der Waals surface area contributed by atoms with E-state index in [0.29, 0.717) is 5.56 Å². The third-order valence-electron chi connectivity index (χ3n) is 3.83. The van der Waals surface area contributed by atoms with Crippen LogP contribution < -0.4 is 5.32 Å². The second-order valence-corrected chi connectivity index (χ2v) is 5.40. The average Bonchev–Trinajstić information content (AvgIpc) is 2.49. The molecule has 1 saturated carbocycles. The fourth-order valence-electron chi connectivity index (χ4n) is 2.73. The maximum Gasteiger partial charge on any atom is 0.327 e. The molecular weight excluding hydrogens is 273 g/mol. The highest BCUT2D eigenvalue weighted by Crippen LogP contribution is 2.25. The third kappa shape index (κ3) is 4.17. The van der Waals surface area contributed by atoms with Crippen molar-refractivity contribution in [3.05, 3.63) is 29.6 Å². The standard InChI is InChI=1S/C16H22FNO3/c1-2-21-16(20)15(18-12-6-4-3-5-7-12)11-8-9-14(19)13(17)10-11/h8-10,12,15,18-19H,2-7H2,1H3. The zero-order valence-electron chi connectivity index (χ0n) is 12.3. The molecule has 2 N–H and O–H groups in total. The molecule has 5 heteroatoms. The van der Waals surface area contributed by atoms with Gasteiger partial charge < -0.3 is 9.84 Å². The molecule has 0 amide bonds. The maximum atomic E-state index is 13.5. The number of phenolic OH excluding ortho intramolecular Hbond substituents is 1. The Labute approximate surface area is 124 Å². The van der Waals surface area contributed by atoms with E-state index in [4.69, 9.17) is 4.74 Å². The van der Waals surface area contributed by atoms with E-state index in [-0.39, 0.29) is 12.6 Å². The van der Waals surface area contributed by atoms with Gasteiger partial charge in [-0.2, -0.15) is 0 Å². The maximum absolute atomic E-state index is 13.5. The van der Waals surface area contributed by atoms with E-state index in [2.05, 4.69) is 5.32 Å². The van der Waals surface area contributed by atoms with E-state index in [0.717, 1.165) is 25.7 Å². The molecule has 0 bridgehead atoms. The number of carbonyl (C=O) groups is 1. The molecule has 1 aromatic rings. The summed E-state index contributed by atoms with van der Waals surface area (Å²) in [4.78, 5) is 12.1.